The van der Waals surface area contributed by atoms with E-state index in [4.69, 9.17) is 0 Å². The summed E-state index contributed by atoms with van der Waals surface area (Å²) >= 11 is 0. The molecule has 7 nitrogen and oxygen atoms in total. The van der Waals surface area contributed by atoms with Crippen LogP contribution < -0.4 is 10.2 Å². The van der Waals surface area contributed by atoms with Gasteiger partial charge < -0.3 is 10.2 Å². The number of aryl methyl sites for hydroxylation is 2. The molecule has 3 rings (SSSR count). The molecule has 1 aromatic heterocycles. The van der Waals surface area contributed by atoms with Gasteiger partial charge in [0.1, 0.15) is 11.6 Å². The van der Waals surface area contributed by atoms with Crippen molar-refractivity contribution in [1.82, 2.24) is 20.1 Å². The summed E-state index contributed by atoms with van der Waals surface area (Å²) in [6, 6.07) is 8.01. The summed E-state index contributed by atoms with van der Waals surface area (Å²) in [5.41, 5.74) is 2.09. The Kier molecular flexibility index (Phi) is 5.58. The number of hydrogen-bond acceptors (Lipinski definition) is 4. The van der Waals surface area contributed by atoms with Crippen LogP contribution in [0.4, 0.5) is 5.69 Å². The SMILES string of the molecule is Cc1nc(C)n(CCNC(=O)[C@@H]2CC(=O)N(c3ccc(C(C)C)cc3)C2)n1. The fourth-order valence-electron chi connectivity index (χ4n) is 3.37. The number of rotatable bonds is 6. The average Bonchev–Trinajstić information content (AvgIpc) is 3.17. The quantitative estimate of drug-likeness (QED) is 0.846. The Hall–Kier alpha value is -2.70. The van der Waals surface area contributed by atoms with E-state index in [9.17, 15) is 9.59 Å². The minimum absolute atomic E-state index is 0.00445. The molecule has 0 aliphatic carbocycles. The normalized spacial score (nSPS) is 17.0. The molecule has 27 heavy (non-hydrogen) atoms. The van der Waals surface area contributed by atoms with Gasteiger partial charge in [-0.25, -0.2) is 9.67 Å². The largest absolute Gasteiger partial charge is 0.354 e. The maximum absolute atomic E-state index is 12.5. The lowest BCUT2D eigenvalue weighted by atomic mass is 10.0. The van der Waals surface area contributed by atoms with Gasteiger partial charge in [0.05, 0.1) is 12.5 Å². The lowest BCUT2D eigenvalue weighted by molar-refractivity contribution is -0.126. The highest BCUT2D eigenvalue weighted by Crippen LogP contribution is 2.26. The molecule has 1 fully saturated rings. The Morgan fingerprint density at radius 2 is 1.96 bits per heavy atom. The van der Waals surface area contributed by atoms with Gasteiger partial charge in [-0.3, -0.25) is 9.59 Å². The third-order valence-electron chi connectivity index (χ3n) is 4.95. The summed E-state index contributed by atoms with van der Waals surface area (Å²) in [5.74, 6) is 1.59. The van der Waals surface area contributed by atoms with E-state index in [1.165, 1.54) is 5.56 Å². The molecule has 144 valence electrons. The van der Waals surface area contributed by atoms with Gasteiger partial charge in [0.2, 0.25) is 11.8 Å². The second kappa shape index (κ2) is 7.90. The molecule has 1 saturated heterocycles. The zero-order valence-electron chi connectivity index (χ0n) is 16.4. The summed E-state index contributed by atoms with van der Waals surface area (Å²) in [6.07, 6.45) is 0.249. The average molecular weight is 369 g/mol. The van der Waals surface area contributed by atoms with Crippen molar-refractivity contribution in [1.29, 1.82) is 0 Å². The van der Waals surface area contributed by atoms with Gasteiger partial charge in [0, 0.05) is 25.2 Å². The number of nitrogens with zero attached hydrogens (tertiary/aromatic N) is 4. The summed E-state index contributed by atoms with van der Waals surface area (Å²) in [6.45, 7) is 9.47. The highest BCUT2D eigenvalue weighted by atomic mass is 16.2. The Morgan fingerprint density at radius 3 is 2.56 bits per heavy atom. The first kappa shape index (κ1) is 19.1. The van der Waals surface area contributed by atoms with Crippen LogP contribution in [0.5, 0.6) is 0 Å². The topological polar surface area (TPSA) is 80.1 Å². The van der Waals surface area contributed by atoms with Crippen molar-refractivity contribution in [3.8, 4) is 0 Å². The summed E-state index contributed by atoms with van der Waals surface area (Å²) in [5, 5.41) is 7.20. The van der Waals surface area contributed by atoms with E-state index in [1.54, 1.807) is 9.58 Å². The molecule has 2 heterocycles. The Morgan fingerprint density at radius 1 is 1.26 bits per heavy atom. The predicted molar refractivity (Wildman–Crippen MR) is 103 cm³/mol. The zero-order valence-corrected chi connectivity index (χ0v) is 16.4. The van der Waals surface area contributed by atoms with Gasteiger partial charge in [0.15, 0.2) is 0 Å². The molecule has 1 atom stereocenters. The molecule has 0 unspecified atom stereocenters. The predicted octanol–water partition coefficient (Wildman–Crippen LogP) is 2.19. The monoisotopic (exact) mass is 369 g/mol. The molecule has 2 amide bonds. The Balaban J connectivity index is 1.54. The van der Waals surface area contributed by atoms with Crippen LogP contribution in [-0.2, 0) is 16.1 Å². The van der Waals surface area contributed by atoms with E-state index in [0.717, 1.165) is 17.3 Å². The van der Waals surface area contributed by atoms with Crippen molar-refractivity contribution in [2.75, 3.05) is 18.0 Å². The van der Waals surface area contributed by atoms with Crippen molar-refractivity contribution < 1.29 is 9.59 Å². The van der Waals surface area contributed by atoms with Crippen molar-refractivity contribution in [2.45, 2.75) is 46.6 Å². The lowest BCUT2D eigenvalue weighted by Crippen LogP contribution is -2.35. The zero-order chi connectivity index (χ0) is 19.6. The number of carbonyl (C=O) groups is 2. The second-order valence-electron chi connectivity index (χ2n) is 7.37. The molecule has 0 saturated carbocycles. The third kappa shape index (κ3) is 4.35. The van der Waals surface area contributed by atoms with E-state index in [0.29, 0.717) is 25.6 Å². The van der Waals surface area contributed by atoms with Crippen molar-refractivity contribution >= 4 is 17.5 Å². The molecule has 0 radical (unpaired) electrons. The smallest absolute Gasteiger partial charge is 0.227 e. The van der Waals surface area contributed by atoms with E-state index in [-0.39, 0.29) is 24.2 Å². The Bertz CT molecular complexity index is 825. The van der Waals surface area contributed by atoms with Crippen LogP contribution in [0.1, 0.15) is 43.4 Å². The van der Waals surface area contributed by atoms with Gasteiger partial charge in [-0.1, -0.05) is 26.0 Å². The Labute approximate surface area is 159 Å². The third-order valence-corrected chi connectivity index (χ3v) is 4.95. The van der Waals surface area contributed by atoms with Gasteiger partial charge in [-0.15, -0.1) is 0 Å². The maximum Gasteiger partial charge on any atom is 0.227 e. The number of nitrogens with one attached hydrogen (secondary N) is 1. The summed E-state index contributed by atoms with van der Waals surface area (Å²) in [4.78, 5) is 30.8. The first-order valence-corrected chi connectivity index (χ1v) is 9.41. The van der Waals surface area contributed by atoms with Crippen LogP contribution >= 0.6 is 0 Å². The molecule has 1 aliphatic rings. The highest BCUT2D eigenvalue weighted by molar-refractivity contribution is 6.00. The van der Waals surface area contributed by atoms with Crippen LogP contribution in [0.15, 0.2) is 24.3 Å². The molecule has 2 aromatic rings. The van der Waals surface area contributed by atoms with Crippen LogP contribution in [-0.4, -0.2) is 39.7 Å². The van der Waals surface area contributed by atoms with E-state index in [1.807, 2.05) is 38.1 Å². The standard InChI is InChI=1S/C20H27N5O2/c1-13(2)16-5-7-18(8-6-16)24-12-17(11-19(24)26)20(27)21-9-10-25-15(4)22-14(3)23-25/h5-8,13,17H,9-12H2,1-4H3,(H,21,27)/t17-/m1/s1. The molecular formula is C20H27N5O2. The second-order valence-corrected chi connectivity index (χ2v) is 7.37. The summed E-state index contributed by atoms with van der Waals surface area (Å²) < 4.78 is 1.78. The van der Waals surface area contributed by atoms with Crippen molar-refractivity contribution in [2.24, 2.45) is 5.92 Å². The van der Waals surface area contributed by atoms with E-state index in [2.05, 4.69) is 29.2 Å². The molecule has 0 bridgehead atoms. The molecule has 1 aromatic carbocycles. The molecular weight excluding hydrogens is 342 g/mol. The fraction of sp³-hybridized carbons (Fsp3) is 0.500. The first-order chi connectivity index (χ1) is 12.8. The van der Waals surface area contributed by atoms with Gasteiger partial charge >= 0.3 is 0 Å². The van der Waals surface area contributed by atoms with E-state index >= 15 is 0 Å². The van der Waals surface area contributed by atoms with Crippen LogP contribution in [0, 0.1) is 19.8 Å². The van der Waals surface area contributed by atoms with Crippen LogP contribution in [0.2, 0.25) is 0 Å². The number of carbonyl (C=O) groups excluding carboxylic acids is 2. The number of hydrogen-bond donors (Lipinski definition) is 1. The maximum atomic E-state index is 12.5. The highest BCUT2D eigenvalue weighted by Gasteiger charge is 2.34. The molecule has 1 aliphatic heterocycles. The van der Waals surface area contributed by atoms with Gasteiger partial charge in [0.25, 0.3) is 0 Å². The lowest BCUT2D eigenvalue weighted by Gasteiger charge is -2.18. The fourth-order valence-corrected chi connectivity index (χ4v) is 3.37. The minimum atomic E-state index is -0.319. The first-order valence-electron chi connectivity index (χ1n) is 9.41. The number of aromatic nitrogens is 3. The van der Waals surface area contributed by atoms with Crippen molar-refractivity contribution in [3.63, 3.8) is 0 Å². The van der Waals surface area contributed by atoms with Crippen molar-refractivity contribution in [3.05, 3.63) is 41.5 Å². The van der Waals surface area contributed by atoms with Crippen LogP contribution in [0.3, 0.4) is 0 Å². The summed E-state index contributed by atoms with van der Waals surface area (Å²) in [7, 11) is 0. The van der Waals surface area contributed by atoms with E-state index < -0.39 is 0 Å². The minimum Gasteiger partial charge on any atom is -0.354 e. The van der Waals surface area contributed by atoms with Gasteiger partial charge in [-0.2, -0.15) is 5.10 Å². The molecule has 7 heteroatoms. The number of anilines is 1. The molecule has 1 N–H and O–H groups in total. The van der Waals surface area contributed by atoms with Gasteiger partial charge in [-0.05, 0) is 37.5 Å². The number of amides is 2. The molecule has 0 spiro atoms. The number of benzene rings is 1. The van der Waals surface area contributed by atoms with Crippen LogP contribution in [0.25, 0.3) is 0 Å².